The van der Waals surface area contributed by atoms with Crippen LogP contribution in [0.5, 0.6) is 0 Å². The molecule has 1 aromatic heterocycles. The SMILES string of the molecule is C/C(=N\Nc1nnc(SCC(=O)Nc2ccc(F)cc2F)n1N)c1ccc(F)cc1. The van der Waals surface area contributed by atoms with E-state index >= 15 is 0 Å². The molecule has 0 saturated carbocycles. The molecular formula is C18H16F3N7OS. The predicted molar refractivity (Wildman–Crippen MR) is 108 cm³/mol. The highest BCUT2D eigenvalue weighted by molar-refractivity contribution is 7.99. The molecule has 0 aliphatic heterocycles. The molecule has 0 unspecified atom stereocenters. The minimum atomic E-state index is -0.879. The summed E-state index contributed by atoms with van der Waals surface area (Å²) in [4.78, 5) is 12.0. The van der Waals surface area contributed by atoms with E-state index in [1.807, 2.05) is 0 Å². The number of halogens is 3. The molecule has 1 heterocycles. The first-order chi connectivity index (χ1) is 14.3. The fourth-order valence-corrected chi connectivity index (χ4v) is 2.90. The third-order valence-electron chi connectivity index (χ3n) is 3.79. The van der Waals surface area contributed by atoms with Gasteiger partial charge in [-0.3, -0.25) is 4.79 Å². The smallest absolute Gasteiger partial charge is 0.264 e. The summed E-state index contributed by atoms with van der Waals surface area (Å²) in [5.74, 6) is 3.36. The Morgan fingerprint density at radius 1 is 1.13 bits per heavy atom. The average Bonchev–Trinajstić information content (AvgIpc) is 3.07. The van der Waals surface area contributed by atoms with Crippen molar-refractivity contribution in [1.82, 2.24) is 14.9 Å². The number of hydrogen-bond donors (Lipinski definition) is 3. The van der Waals surface area contributed by atoms with Gasteiger partial charge in [0.05, 0.1) is 17.2 Å². The molecule has 156 valence electrons. The second kappa shape index (κ2) is 9.31. The lowest BCUT2D eigenvalue weighted by Crippen LogP contribution is -2.17. The monoisotopic (exact) mass is 435 g/mol. The first kappa shape index (κ1) is 21.2. The van der Waals surface area contributed by atoms with Gasteiger partial charge in [0.1, 0.15) is 17.5 Å². The molecule has 0 aliphatic carbocycles. The zero-order chi connectivity index (χ0) is 21.7. The number of nitrogen functional groups attached to an aromatic ring is 1. The van der Waals surface area contributed by atoms with Gasteiger partial charge in [-0.2, -0.15) is 5.10 Å². The van der Waals surface area contributed by atoms with Crippen LogP contribution in [0.2, 0.25) is 0 Å². The Kier molecular flexibility index (Phi) is 6.57. The van der Waals surface area contributed by atoms with Crippen LogP contribution in [-0.2, 0) is 4.79 Å². The van der Waals surface area contributed by atoms with Crippen LogP contribution in [0.3, 0.4) is 0 Å². The summed E-state index contributed by atoms with van der Waals surface area (Å²) < 4.78 is 40.6. The number of carbonyl (C=O) groups excluding carboxylic acids is 1. The van der Waals surface area contributed by atoms with Crippen LogP contribution >= 0.6 is 11.8 Å². The molecule has 12 heteroatoms. The zero-order valence-electron chi connectivity index (χ0n) is 15.6. The molecule has 8 nitrogen and oxygen atoms in total. The largest absolute Gasteiger partial charge is 0.334 e. The van der Waals surface area contributed by atoms with E-state index in [4.69, 9.17) is 5.84 Å². The number of thioether (sulfide) groups is 1. The summed E-state index contributed by atoms with van der Waals surface area (Å²) in [6, 6.07) is 8.62. The highest BCUT2D eigenvalue weighted by atomic mass is 32.2. The predicted octanol–water partition coefficient (Wildman–Crippen LogP) is 2.98. The second-order valence-electron chi connectivity index (χ2n) is 5.95. The van der Waals surface area contributed by atoms with Gasteiger partial charge >= 0.3 is 0 Å². The number of hydrogen-bond acceptors (Lipinski definition) is 7. The number of nitrogens with one attached hydrogen (secondary N) is 2. The van der Waals surface area contributed by atoms with E-state index in [-0.39, 0.29) is 28.4 Å². The van der Waals surface area contributed by atoms with Gasteiger partial charge in [0.25, 0.3) is 5.95 Å². The summed E-state index contributed by atoms with van der Waals surface area (Å²) in [5, 5.41) is 14.3. The number of rotatable bonds is 7. The van der Waals surface area contributed by atoms with Crippen LogP contribution < -0.4 is 16.6 Å². The van der Waals surface area contributed by atoms with Crippen molar-refractivity contribution >= 4 is 35.0 Å². The first-order valence-electron chi connectivity index (χ1n) is 8.48. The maximum atomic E-state index is 13.6. The van der Waals surface area contributed by atoms with Crippen LogP contribution in [0.4, 0.5) is 24.8 Å². The second-order valence-corrected chi connectivity index (χ2v) is 6.90. The molecule has 0 saturated heterocycles. The molecule has 3 rings (SSSR count). The van der Waals surface area contributed by atoms with Gasteiger partial charge in [-0.1, -0.05) is 23.9 Å². The molecule has 0 bridgehead atoms. The first-order valence-corrected chi connectivity index (χ1v) is 9.46. The van der Waals surface area contributed by atoms with E-state index < -0.39 is 17.5 Å². The normalized spacial score (nSPS) is 11.4. The number of benzene rings is 2. The highest BCUT2D eigenvalue weighted by Gasteiger charge is 2.13. The molecule has 0 aliphatic rings. The number of amides is 1. The number of carbonyl (C=O) groups is 1. The van der Waals surface area contributed by atoms with Crippen molar-refractivity contribution < 1.29 is 18.0 Å². The maximum absolute atomic E-state index is 13.6. The lowest BCUT2D eigenvalue weighted by Gasteiger charge is -2.06. The third kappa shape index (κ3) is 5.29. The van der Waals surface area contributed by atoms with Gasteiger partial charge in [-0.05, 0) is 36.8 Å². The van der Waals surface area contributed by atoms with E-state index in [0.717, 1.165) is 28.6 Å². The van der Waals surface area contributed by atoms with Crippen LogP contribution in [0.15, 0.2) is 52.7 Å². The van der Waals surface area contributed by atoms with Crippen LogP contribution in [0.25, 0.3) is 0 Å². The molecule has 0 radical (unpaired) electrons. The van der Waals surface area contributed by atoms with E-state index in [0.29, 0.717) is 17.3 Å². The lowest BCUT2D eigenvalue weighted by molar-refractivity contribution is -0.113. The van der Waals surface area contributed by atoms with Gasteiger partial charge in [0.2, 0.25) is 11.1 Å². The zero-order valence-corrected chi connectivity index (χ0v) is 16.4. The van der Waals surface area contributed by atoms with Gasteiger partial charge in [-0.25, -0.2) is 23.3 Å². The summed E-state index contributed by atoms with van der Waals surface area (Å²) in [5.41, 5.74) is 3.77. The number of hydrazone groups is 1. The lowest BCUT2D eigenvalue weighted by atomic mass is 10.1. The minimum Gasteiger partial charge on any atom is -0.334 e. The molecule has 4 N–H and O–H groups in total. The minimum absolute atomic E-state index is 0.115. The number of nitrogens with zero attached hydrogens (tertiary/aromatic N) is 4. The van der Waals surface area contributed by atoms with Crippen LogP contribution in [0.1, 0.15) is 12.5 Å². The molecule has 3 aromatic rings. The Bertz CT molecular complexity index is 1090. The van der Waals surface area contributed by atoms with Gasteiger partial charge in [0.15, 0.2) is 0 Å². The Hall–Kier alpha value is -3.54. The van der Waals surface area contributed by atoms with Crippen molar-refractivity contribution in [3.05, 3.63) is 65.5 Å². The fourth-order valence-electron chi connectivity index (χ4n) is 2.25. The van der Waals surface area contributed by atoms with Crippen molar-refractivity contribution in [3.8, 4) is 0 Å². The fraction of sp³-hybridized carbons (Fsp3) is 0.111. The van der Waals surface area contributed by atoms with Gasteiger partial charge in [-0.15, -0.1) is 10.2 Å². The van der Waals surface area contributed by atoms with E-state index in [9.17, 15) is 18.0 Å². The number of anilines is 2. The molecular weight excluding hydrogens is 419 g/mol. The Morgan fingerprint density at radius 3 is 2.53 bits per heavy atom. The summed E-state index contributed by atoms with van der Waals surface area (Å²) in [6.07, 6.45) is 0. The topological polar surface area (TPSA) is 110 Å². The Morgan fingerprint density at radius 2 is 1.83 bits per heavy atom. The van der Waals surface area contributed by atoms with Crippen LogP contribution in [-0.4, -0.2) is 32.2 Å². The summed E-state index contributed by atoms with van der Waals surface area (Å²) >= 11 is 0.962. The van der Waals surface area contributed by atoms with E-state index in [1.165, 1.54) is 12.1 Å². The number of nitrogens with two attached hydrogens (primary N) is 1. The molecule has 1 amide bonds. The molecule has 30 heavy (non-hydrogen) atoms. The van der Waals surface area contributed by atoms with Crippen molar-refractivity contribution in [2.45, 2.75) is 12.1 Å². The Balaban J connectivity index is 1.57. The summed E-state index contributed by atoms with van der Waals surface area (Å²) in [7, 11) is 0. The van der Waals surface area contributed by atoms with Crippen molar-refractivity contribution in [2.24, 2.45) is 5.10 Å². The third-order valence-corrected chi connectivity index (χ3v) is 4.73. The van der Waals surface area contributed by atoms with Crippen molar-refractivity contribution in [2.75, 3.05) is 22.3 Å². The van der Waals surface area contributed by atoms with Gasteiger partial charge in [0, 0.05) is 6.07 Å². The van der Waals surface area contributed by atoms with Gasteiger partial charge < -0.3 is 11.2 Å². The molecule has 2 aromatic carbocycles. The van der Waals surface area contributed by atoms with Crippen molar-refractivity contribution in [1.29, 1.82) is 0 Å². The van der Waals surface area contributed by atoms with Crippen molar-refractivity contribution in [3.63, 3.8) is 0 Å². The molecule has 0 spiro atoms. The maximum Gasteiger partial charge on any atom is 0.264 e. The number of aromatic nitrogens is 3. The Labute approximate surface area is 173 Å². The standard InChI is InChI=1S/C18H16F3N7OS/c1-10(11-2-4-12(19)5-3-11)24-25-17-26-27-18(28(17)22)30-9-16(29)23-15-7-6-13(20)8-14(15)21/h2-8H,9,22H2,1H3,(H,23,29)(H,25,26)/b24-10+. The molecule has 0 fully saturated rings. The van der Waals surface area contributed by atoms with Crippen LogP contribution in [0, 0.1) is 17.5 Å². The average molecular weight is 435 g/mol. The van der Waals surface area contributed by atoms with E-state index in [2.05, 4.69) is 26.0 Å². The van der Waals surface area contributed by atoms with E-state index in [1.54, 1.807) is 19.1 Å². The summed E-state index contributed by atoms with van der Waals surface area (Å²) in [6.45, 7) is 1.71. The highest BCUT2D eigenvalue weighted by Crippen LogP contribution is 2.19. The molecule has 0 atom stereocenters. The quantitative estimate of drug-likeness (QED) is 0.228.